The van der Waals surface area contributed by atoms with Gasteiger partial charge in [0.25, 0.3) is 0 Å². The number of hydrogen-bond acceptors (Lipinski definition) is 3. The van der Waals surface area contributed by atoms with Gasteiger partial charge >= 0.3 is 0 Å². The van der Waals surface area contributed by atoms with Crippen molar-refractivity contribution in [2.45, 2.75) is 38.9 Å². The lowest BCUT2D eigenvalue weighted by Crippen LogP contribution is -2.47. The Bertz CT molecular complexity index is 743. The Kier molecular flexibility index (Phi) is 4.86. The van der Waals surface area contributed by atoms with Crippen LogP contribution >= 0.6 is 0 Å². The first-order valence-electron chi connectivity index (χ1n) is 9.71. The van der Waals surface area contributed by atoms with Crippen LogP contribution in [-0.4, -0.2) is 43.2 Å². The summed E-state index contributed by atoms with van der Waals surface area (Å²) >= 11 is 0. The molecule has 1 fully saturated rings. The maximum absolute atomic E-state index is 13.2. The fourth-order valence-corrected chi connectivity index (χ4v) is 4.29. The van der Waals surface area contributed by atoms with Gasteiger partial charge in [-0.15, -0.1) is 0 Å². The van der Waals surface area contributed by atoms with E-state index in [1.165, 1.54) is 24.3 Å². The van der Waals surface area contributed by atoms with Gasteiger partial charge in [-0.1, -0.05) is 24.3 Å². The van der Waals surface area contributed by atoms with Crippen LogP contribution in [-0.2, 0) is 6.54 Å². The van der Waals surface area contributed by atoms with Crippen molar-refractivity contribution in [2.75, 3.05) is 36.0 Å². The van der Waals surface area contributed by atoms with Gasteiger partial charge in [-0.2, -0.15) is 0 Å². The lowest BCUT2D eigenvalue weighted by molar-refractivity contribution is 0.271. The molecule has 4 heteroatoms. The average molecular weight is 353 g/mol. The van der Waals surface area contributed by atoms with E-state index in [1.807, 2.05) is 12.1 Å². The van der Waals surface area contributed by atoms with Crippen molar-refractivity contribution in [3.63, 3.8) is 0 Å². The van der Waals surface area contributed by atoms with Crippen LogP contribution in [0.4, 0.5) is 15.8 Å². The van der Waals surface area contributed by atoms with Crippen molar-refractivity contribution in [1.29, 1.82) is 0 Å². The molecular weight excluding hydrogens is 325 g/mol. The number of benzene rings is 2. The van der Waals surface area contributed by atoms with E-state index < -0.39 is 0 Å². The maximum Gasteiger partial charge on any atom is 0.123 e. The van der Waals surface area contributed by atoms with E-state index in [0.717, 1.165) is 31.7 Å². The maximum atomic E-state index is 13.2. The fourth-order valence-electron chi connectivity index (χ4n) is 4.29. The summed E-state index contributed by atoms with van der Waals surface area (Å²) in [5.74, 6) is -0.171. The molecule has 2 aromatic carbocycles. The quantitative estimate of drug-likeness (QED) is 0.818. The molecule has 2 aliphatic rings. The molecule has 1 atom stereocenters. The summed E-state index contributed by atoms with van der Waals surface area (Å²) in [6.07, 6.45) is 1.24. The third-order valence-corrected chi connectivity index (χ3v) is 5.80. The molecule has 0 aliphatic carbocycles. The molecule has 0 amide bonds. The van der Waals surface area contributed by atoms with E-state index in [0.29, 0.717) is 12.1 Å². The monoisotopic (exact) mass is 353 g/mol. The molecule has 3 nitrogen and oxygen atoms in total. The minimum absolute atomic E-state index is 0.171. The number of hydrogen-bond donors (Lipinski definition) is 0. The van der Waals surface area contributed by atoms with Crippen LogP contribution in [0.5, 0.6) is 0 Å². The number of halogens is 1. The molecule has 0 aromatic heterocycles. The van der Waals surface area contributed by atoms with Crippen molar-refractivity contribution in [2.24, 2.45) is 0 Å². The number of rotatable bonds is 4. The second kappa shape index (κ2) is 7.28. The van der Waals surface area contributed by atoms with Gasteiger partial charge in [-0.05, 0) is 50.1 Å². The normalized spacial score (nSPS) is 20.7. The Morgan fingerprint density at radius 1 is 0.962 bits per heavy atom. The Morgan fingerprint density at radius 3 is 2.38 bits per heavy atom. The van der Waals surface area contributed by atoms with Crippen LogP contribution in [0, 0.1) is 5.82 Å². The molecule has 138 valence electrons. The molecule has 0 unspecified atom stereocenters. The number of para-hydroxylation sites is 2. The van der Waals surface area contributed by atoms with Gasteiger partial charge in [0.1, 0.15) is 5.82 Å². The van der Waals surface area contributed by atoms with Crippen LogP contribution in [0.3, 0.4) is 0 Å². The first kappa shape index (κ1) is 17.3. The van der Waals surface area contributed by atoms with E-state index in [2.05, 4.69) is 52.8 Å². The number of nitrogens with zero attached hydrogens (tertiary/aromatic N) is 3. The largest absolute Gasteiger partial charge is 0.364 e. The summed E-state index contributed by atoms with van der Waals surface area (Å²) in [6, 6.07) is 16.8. The summed E-state index contributed by atoms with van der Waals surface area (Å²) in [4.78, 5) is 7.62. The molecule has 2 aliphatic heterocycles. The van der Waals surface area contributed by atoms with E-state index in [4.69, 9.17) is 0 Å². The van der Waals surface area contributed by atoms with Crippen LogP contribution < -0.4 is 9.80 Å². The minimum atomic E-state index is -0.171. The highest BCUT2D eigenvalue weighted by Gasteiger charge is 2.32. The Morgan fingerprint density at radius 2 is 1.69 bits per heavy atom. The lowest BCUT2D eigenvalue weighted by atomic mass is 10.1. The Labute approximate surface area is 156 Å². The van der Waals surface area contributed by atoms with E-state index >= 15 is 0 Å². The van der Waals surface area contributed by atoms with Crippen molar-refractivity contribution in [1.82, 2.24) is 4.90 Å². The highest BCUT2D eigenvalue weighted by Crippen LogP contribution is 2.36. The molecule has 2 aromatic rings. The topological polar surface area (TPSA) is 9.72 Å². The SMILES string of the molecule is CC(C)N1CC[C@@H](N2CCN(Cc3ccc(F)cc3)c3ccccc32)C1. The number of likely N-dealkylation sites (tertiary alicyclic amines) is 1. The van der Waals surface area contributed by atoms with E-state index in [1.54, 1.807) is 12.1 Å². The van der Waals surface area contributed by atoms with Gasteiger partial charge in [-0.25, -0.2) is 4.39 Å². The second-order valence-electron chi connectivity index (χ2n) is 7.76. The van der Waals surface area contributed by atoms with Crippen molar-refractivity contribution in [3.05, 3.63) is 59.9 Å². The molecule has 0 N–H and O–H groups in total. The first-order valence-corrected chi connectivity index (χ1v) is 9.71. The summed E-state index contributed by atoms with van der Waals surface area (Å²) in [6.45, 7) is 9.81. The minimum Gasteiger partial charge on any atom is -0.364 e. The fraction of sp³-hybridized carbons (Fsp3) is 0.455. The predicted octanol–water partition coefficient (Wildman–Crippen LogP) is 4.14. The number of anilines is 2. The summed E-state index contributed by atoms with van der Waals surface area (Å²) in [5.41, 5.74) is 3.80. The van der Waals surface area contributed by atoms with Gasteiger partial charge in [-0.3, -0.25) is 4.90 Å². The molecule has 0 radical (unpaired) electrons. The molecule has 0 saturated carbocycles. The predicted molar refractivity (Wildman–Crippen MR) is 106 cm³/mol. The smallest absolute Gasteiger partial charge is 0.123 e. The zero-order valence-corrected chi connectivity index (χ0v) is 15.7. The number of fused-ring (bicyclic) bond motifs is 1. The van der Waals surface area contributed by atoms with Crippen molar-refractivity contribution < 1.29 is 4.39 Å². The summed E-state index contributed by atoms with van der Waals surface area (Å²) in [7, 11) is 0. The second-order valence-corrected chi connectivity index (χ2v) is 7.76. The summed E-state index contributed by atoms with van der Waals surface area (Å²) < 4.78 is 13.2. The lowest BCUT2D eigenvalue weighted by Gasteiger charge is -2.42. The van der Waals surface area contributed by atoms with E-state index in [9.17, 15) is 4.39 Å². The zero-order valence-electron chi connectivity index (χ0n) is 15.7. The zero-order chi connectivity index (χ0) is 18.1. The molecule has 0 spiro atoms. The van der Waals surface area contributed by atoms with Gasteiger partial charge in [0.05, 0.1) is 11.4 Å². The van der Waals surface area contributed by atoms with E-state index in [-0.39, 0.29) is 5.82 Å². The molecular formula is C22H28FN3. The highest BCUT2D eigenvalue weighted by molar-refractivity contribution is 5.74. The van der Waals surface area contributed by atoms with Gasteiger partial charge < -0.3 is 9.80 Å². The van der Waals surface area contributed by atoms with Crippen molar-refractivity contribution >= 4 is 11.4 Å². The molecule has 2 heterocycles. The highest BCUT2D eigenvalue weighted by atomic mass is 19.1. The third kappa shape index (κ3) is 3.43. The standard InChI is InChI=1S/C22H28FN3/c1-17(2)24-12-11-20(16-24)26-14-13-25(21-5-3-4-6-22(21)26)15-18-7-9-19(23)10-8-18/h3-10,17,20H,11-16H2,1-2H3/t20-/m1/s1. The van der Waals surface area contributed by atoms with Gasteiger partial charge in [0.15, 0.2) is 0 Å². The van der Waals surface area contributed by atoms with Crippen LogP contribution in [0.2, 0.25) is 0 Å². The van der Waals surface area contributed by atoms with Crippen LogP contribution in [0.25, 0.3) is 0 Å². The van der Waals surface area contributed by atoms with Crippen LogP contribution in [0.1, 0.15) is 25.8 Å². The molecule has 4 rings (SSSR count). The Balaban J connectivity index is 1.54. The molecule has 0 bridgehead atoms. The first-order chi connectivity index (χ1) is 12.6. The Hall–Kier alpha value is -2.07. The van der Waals surface area contributed by atoms with Gasteiger partial charge in [0, 0.05) is 44.8 Å². The summed E-state index contributed by atoms with van der Waals surface area (Å²) in [5, 5.41) is 0. The van der Waals surface area contributed by atoms with Crippen molar-refractivity contribution in [3.8, 4) is 0 Å². The molecule has 1 saturated heterocycles. The van der Waals surface area contributed by atoms with Gasteiger partial charge in [0.2, 0.25) is 0 Å². The molecule has 26 heavy (non-hydrogen) atoms. The third-order valence-electron chi connectivity index (χ3n) is 5.80. The average Bonchev–Trinajstić information content (AvgIpc) is 3.14. The van der Waals surface area contributed by atoms with Crippen LogP contribution in [0.15, 0.2) is 48.5 Å².